The van der Waals surface area contributed by atoms with Crippen molar-refractivity contribution in [1.82, 2.24) is 4.57 Å². The molecule has 0 spiro atoms. The van der Waals surface area contributed by atoms with E-state index in [1.165, 1.54) is 78.0 Å². The Balaban J connectivity index is 1.01. The van der Waals surface area contributed by atoms with Gasteiger partial charge in [-0.3, -0.25) is 0 Å². The first-order valence-corrected chi connectivity index (χ1v) is 20.1. The lowest BCUT2D eigenvalue weighted by atomic mass is 9.76. The molecule has 55 heavy (non-hydrogen) atoms. The Bertz CT molecular complexity index is 2680. The maximum Gasteiger partial charge on any atom is 0.0541 e. The standard InChI is InChI=1S/C53H48N2/c1-36-19-27-48-46(33-36)44-26-25-43(35-49(44)52(48,2)3)54(42-29-31-53(4,32-30-42)39-13-7-5-8-14-39)41-23-20-37(21-24-41)38-22-28-51-47(34-38)45-17-11-12-18-50(45)55(51)40-15-9-6-10-16-40/h5-20,22-31,34-37H,21,32-33H2,1-4H3. The van der Waals surface area contributed by atoms with Gasteiger partial charge >= 0.3 is 0 Å². The van der Waals surface area contributed by atoms with Crippen LogP contribution in [0.2, 0.25) is 0 Å². The van der Waals surface area contributed by atoms with Crippen molar-refractivity contribution < 1.29 is 0 Å². The summed E-state index contributed by atoms with van der Waals surface area (Å²) in [5.41, 5.74) is 15.9. The van der Waals surface area contributed by atoms with Gasteiger partial charge in [0.2, 0.25) is 0 Å². The minimum absolute atomic E-state index is 0.0319. The summed E-state index contributed by atoms with van der Waals surface area (Å²) >= 11 is 0. The van der Waals surface area contributed by atoms with Crippen molar-refractivity contribution in [3.63, 3.8) is 0 Å². The monoisotopic (exact) mass is 712 g/mol. The smallest absolute Gasteiger partial charge is 0.0541 e. The van der Waals surface area contributed by atoms with Crippen molar-refractivity contribution >= 4 is 33.1 Å². The zero-order valence-corrected chi connectivity index (χ0v) is 32.3. The molecular weight excluding hydrogens is 665 g/mol. The van der Waals surface area contributed by atoms with Crippen LogP contribution in [-0.4, -0.2) is 4.57 Å². The van der Waals surface area contributed by atoms with Crippen molar-refractivity contribution in [1.29, 1.82) is 0 Å². The largest absolute Gasteiger partial charge is 0.311 e. The Morgan fingerprint density at radius 3 is 2.18 bits per heavy atom. The molecule has 2 nitrogen and oxygen atoms in total. The van der Waals surface area contributed by atoms with E-state index >= 15 is 0 Å². The fourth-order valence-electron chi connectivity index (χ4n) is 9.76. The van der Waals surface area contributed by atoms with Crippen LogP contribution < -0.4 is 4.90 Å². The van der Waals surface area contributed by atoms with E-state index < -0.39 is 0 Å². The third kappa shape index (κ3) is 5.53. The van der Waals surface area contributed by atoms with Crippen LogP contribution in [0.1, 0.15) is 75.1 Å². The van der Waals surface area contributed by atoms with Gasteiger partial charge in [-0.05, 0) is 113 Å². The van der Waals surface area contributed by atoms with E-state index in [0.29, 0.717) is 11.8 Å². The maximum atomic E-state index is 2.51. The van der Waals surface area contributed by atoms with Gasteiger partial charge in [-0.1, -0.05) is 143 Å². The van der Waals surface area contributed by atoms with Crippen molar-refractivity contribution in [3.8, 4) is 5.69 Å². The summed E-state index contributed by atoms with van der Waals surface area (Å²) in [7, 11) is 0. The fraction of sp³-hybridized carbons (Fsp3) is 0.208. The van der Waals surface area contributed by atoms with E-state index in [0.717, 1.165) is 19.3 Å². The molecule has 1 aromatic heterocycles. The summed E-state index contributed by atoms with van der Waals surface area (Å²) in [4.78, 5) is 2.51. The third-order valence-corrected chi connectivity index (χ3v) is 12.9. The number of para-hydroxylation sites is 2. The number of anilines is 1. The molecule has 0 N–H and O–H groups in total. The highest BCUT2D eigenvalue weighted by Crippen LogP contribution is 2.52. The Hall–Kier alpha value is -5.86. The van der Waals surface area contributed by atoms with Crippen LogP contribution in [0.25, 0.3) is 33.1 Å². The summed E-state index contributed by atoms with van der Waals surface area (Å²) in [6.07, 6.45) is 22.3. The Kier molecular flexibility index (Phi) is 7.89. The molecule has 0 radical (unpaired) electrons. The lowest BCUT2D eigenvalue weighted by molar-refractivity contribution is 0.595. The first kappa shape index (κ1) is 33.7. The fourth-order valence-corrected chi connectivity index (χ4v) is 9.76. The zero-order valence-electron chi connectivity index (χ0n) is 32.3. The Morgan fingerprint density at radius 1 is 0.673 bits per heavy atom. The van der Waals surface area contributed by atoms with Crippen molar-refractivity contribution in [2.75, 3.05) is 4.90 Å². The van der Waals surface area contributed by atoms with Crippen LogP contribution in [0.3, 0.4) is 0 Å². The second kappa shape index (κ2) is 12.9. The quantitative estimate of drug-likeness (QED) is 0.167. The molecule has 1 heterocycles. The average molecular weight is 713 g/mol. The highest BCUT2D eigenvalue weighted by Gasteiger charge is 2.39. The molecule has 0 saturated heterocycles. The Morgan fingerprint density at radius 2 is 1.42 bits per heavy atom. The molecule has 0 bridgehead atoms. The number of fused-ring (bicyclic) bond motifs is 5. The first-order valence-electron chi connectivity index (χ1n) is 20.1. The van der Waals surface area contributed by atoms with Crippen LogP contribution in [0.15, 0.2) is 187 Å². The molecule has 6 aromatic rings. The summed E-state index contributed by atoms with van der Waals surface area (Å²) in [6.45, 7) is 9.51. The number of hydrogen-bond donors (Lipinski definition) is 0. The number of benzene rings is 5. The van der Waals surface area contributed by atoms with E-state index in [1.807, 2.05) is 0 Å². The van der Waals surface area contributed by atoms with Gasteiger partial charge in [-0.15, -0.1) is 0 Å². The molecule has 10 rings (SSSR count). The van der Waals surface area contributed by atoms with Crippen LogP contribution in [-0.2, 0) is 10.8 Å². The number of aromatic nitrogens is 1. The molecule has 0 saturated carbocycles. The summed E-state index contributed by atoms with van der Waals surface area (Å²) < 4.78 is 2.40. The van der Waals surface area contributed by atoms with Crippen LogP contribution >= 0.6 is 0 Å². The minimum atomic E-state index is -0.0352. The summed E-state index contributed by atoms with van der Waals surface area (Å²) in [5, 5.41) is 2.60. The molecule has 4 aliphatic rings. The van der Waals surface area contributed by atoms with E-state index in [1.54, 1.807) is 0 Å². The van der Waals surface area contributed by atoms with Crippen LogP contribution in [0.5, 0.6) is 0 Å². The number of rotatable bonds is 6. The van der Waals surface area contributed by atoms with E-state index in [2.05, 4.69) is 207 Å². The second-order valence-electron chi connectivity index (χ2n) is 16.9. The minimum Gasteiger partial charge on any atom is -0.311 e. The predicted molar refractivity (Wildman–Crippen MR) is 233 cm³/mol. The average Bonchev–Trinajstić information content (AvgIpc) is 3.67. The summed E-state index contributed by atoms with van der Waals surface area (Å²) in [5.74, 6) is 0.872. The molecule has 0 fully saturated rings. The van der Waals surface area contributed by atoms with Crippen LogP contribution in [0.4, 0.5) is 5.69 Å². The van der Waals surface area contributed by atoms with Gasteiger partial charge in [-0.2, -0.15) is 0 Å². The molecule has 3 atom stereocenters. The first-order chi connectivity index (χ1) is 26.8. The van der Waals surface area contributed by atoms with Gasteiger partial charge < -0.3 is 9.47 Å². The zero-order chi connectivity index (χ0) is 37.3. The molecule has 4 aliphatic carbocycles. The highest BCUT2D eigenvalue weighted by atomic mass is 15.2. The molecular formula is C53H48N2. The number of nitrogens with zero attached hydrogens (tertiary/aromatic N) is 2. The van der Waals surface area contributed by atoms with Gasteiger partial charge in [-0.25, -0.2) is 0 Å². The van der Waals surface area contributed by atoms with Gasteiger partial charge in [0.1, 0.15) is 0 Å². The van der Waals surface area contributed by atoms with Crippen LogP contribution in [0, 0.1) is 5.92 Å². The molecule has 5 aromatic carbocycles. The van der Waals surface area contributed by atoms with Crippen molar-refractivity contribution in [2.24, 2.45) is 5.92 Å². The molecule has 270 valence electrons. The van der Waals surface area contributed by atoms with Crippen molar-refractivity contribution in [3.05, 3.63) is 209 Å². The molecule has 3 unspecified atom stereocenters. The number of allylic oxidation sites excluding steroid dienone is 10. The lowest BCUT2D eigenvalue weighted by Gasteiger charge is -2.35. The normalized spacial score (nSPS) is 22.5. The van der Waals surface area contributed by atoms with E-state index in [9.17, 15) is 0 Å². The topological polar surface area (TPSA) is 8.17 Å². The van der Waals surface area contributed by atoms with E-state index in [4.69, 9.17) is 0 Å². The summed E-state index contributed by atoms with van der Waals surface area (Å²) in [6, 6.07) is 44.9. The Labute approximate surface area is 325 Å². The lowest BCUT2D eigenvalue weighted by Crippen LogP contribution is -2.27. The number of hydrogen-bond acceptors (Lipinski definition) is 1. The molecule has 0 amide bonds. The molecule has 2 heteroatoms. The maximum absolute atomic E-state index is 2.51. The second-order valence-corrected chi connectivity index (χ2v) is 16.9. The highest BCUT2D eigenvalue weighted by molar-refractivity contribution is 6.09. The van der Waals surface area contributed by atoms with Crippen molar-refractivity contribution in [2.45, 2.75) is 63.7 Å². The predicted octanol–water partition coefficient (Wildman–Crippen LogP) is 13.7. The SMILES string of the molecule is CC1C=CC2=C(C1)c1ccc(N(C3=CCC(c4ccc5c(c4)c4ccccc4n5-c4ccccc4)C=C3)C3=CCC(C)(c4ccccc4)C=C3)cc1C2(C)C. The van der Waals surface area contributed by atoms with Gasteiger partial charge in [0.05, 0.1) is 11.0 Å². The van der Waals surface area contributed by atoms with Gasteiger partial charge in [0, 0.05) is 50.3 Å². The molecule has 0 aliphatic heterocycles. The third-order valence-electron chi connectivity index (χ3n) is 12.9. The van der Waals surface area contributed by atoms with Gasteiger partial charge in [0.15, 0.2) is 0 Å². The van der Waals surface area contributed by atoms with E-state index in [-0.39, 0.29) is 10.8 Å². The van der Waals surface area contributed by atoms with Gasteiger partial charge in [0.25, 0.3) is 0 Å².